The monoisotopic (exact) mass is 443 g/mol. The fourth-order valence-electron chi connectivity index (χ4n) is 2.60. The van der Waals surface area contributed by atoms with Gasteiger partial charge in [0, 0.05) is 0 Å². The summed E-state index contributed by atoms with van der Waals surface area (Å²) in [5, 5.41) is 26.7. The Morgan fingerprint density at radius 1 is 0.531 bits per heavy atom. The van der Waals surface area contributed by atoms with Crippen LogP contribution in [0.2, 0.25) is 0 Å². The SMILES string of the molecule is N#Cc1ccc(COP(=O)(OCc2ccc(C#N)cc2)OCc2ccc(C#N)cc2)cc1. The van der Waals surface area contributed by atoms with Crippen LogP contribution in [0.1, 0.15) is 33.4 Å². The highest BCUT2D eigenvalue weighted by molar-refractivity contribution is 7.48. The molecule has 0 aromatic heterocycles. The van der Waals surface area contributed by atoms with E-state index in [-0.39, 0.29) is 19.8 Å². The van der Waals surface area contributed by atoms with Crippen LogP contribution < -0.4 is 0 Å². The lowest BCUT2D eigenvalue weighted by atomic mass is 10.2. The number of phosphoric ester groups is 1. The Labute approximate surface area is 186 Å². The van der Waals surface area contributed by atoms with Crippen LogP contribution in [-0.4, -0.2) is 0 Å². The van der Waals surface area contributed by atoms with Crippen LogP contribution in [0.15, 0.2) is 72.8 Å². The molecule has 0 amide bonds. The summed E-state index contributed by atoms with van der Waals surface area (Å²) in [5.74, 6) is 0. The smallest absolute Gasteiger partial charge is 0.282 e. The number of nitrogens with zero attached hydrogens (tertiary/aromatic N) is 3. The summed E-state index contributed by atoms with van der Waals surface area (Å²) in [6, 6.07) is 26.1. The van der Waals surface area contributed by atoms with Gasteiger partial charge in [0.05, 0.1) is 54.7 Å². The molecule has 3 aromatic carbocycles. The normalized spacial score (nSPS) is 10.7. The molecule has 0 aliphatic rings. The van der Waals surface area contributed by atoms with Gasteiger partial charge in [-0.2, -0.15) is 15.8 Å². The van der Waals surface area contributed by atoms with E-state index in [9.17, 15) is 4.57 Å². The maximum absolute atomic E-state index is 13.3. The Hall–Kier alpha value is -3.76. The minimum atomic E-state index is -3.97. The van der Waals surface area contributed by atoms with Crippen molar-refractivity contribution >= 4 is 7.82 Å². The van der Waals surface area contributed by atoms with Crippen LogP contribution >= 0.6 is 7.82 Å². The van der Waals surface area contributed by atoms with E-state index >= 15 is 0 Å². The molecule has 0 saturated heterocycles. The van der Waals surface area contributed by atoms with Gasteiger partial charge in [-0.3, -0.25) is 13.6 Å². The molecule has 0 bridgehead atoms. The van der Waals surface area contributed by atoms with E-state index in [1.165, 1.54) is 0 Å². The number of nitriles is 3. The van der Waals surface area contributed by atoms with E-state index in [4.69, 9.17) is 29.4 Å². The Morgan fingerprint density at radius 2 is 0.781 bits per heavy atom. The molecule has 0 unspecified atom stereocenters. The first-order chi connectivity index (χ1) is 15.5. The molecule has 3 aromatic rings. The number of hydrogen-bond donors (Lipinski definition) is 0. The van der Waals surface area contributed by atoms with Crippen LogP contribution in [0.3, 0.4) is 0 Å². The van der Waals surface area contributed by atoms with Crippen molar-refractivity contribution in [3.05, 3.63) is 106 Å². The first kappa shape index (κ1) is 22.9. The van der Waals surface area contributed by atoms with Crippen molar-refractivity contribution in [2.45, 2.75) is 19.8 Å². The predicted octanol–water partition coefficient (Wildman–Crippen LogP) is 5.36. The van der Waals surface area contributed by atoms with E-state index in [0.717, 1.165) is 0 Å². The summed E-state index contributed by atoms with van der Waals surface area (Å²) in [7, 11) is -3.97. The zero-order valence-corrected chi connectivity index (χ0v) is 17.9. The topological polar surface area (TPSA) is 116 Å². The quantitative estimate of drug-likeness (QED) is 0.409. The second kappa shape index (κ2) is 11.0. The Kier molecular flexibility index (Phi) is 7.90. The van der Waals surface area contributed by atoms with Gasteiger partial charge in [-0.25, -0.2) is 4.57 Å². The van der Waals surface area contributed by atoms with Crippen molar-refractivity contribution in [1.29, 1.82) is 15.8 Å². The van der Waals surface area contributed by atoms with Crippen molar-refractivity contribution in [1.82, 2.24) is 0 Å². The first-order valence-electron chi connectivity index (χ1n) is 9.54. The molecule has 0 spiro atoms. The molecule has 0 aliphatic carbocycles. The van der Waals surface area contributed by atoms with E-state index in [2.05, 4.69) is 0 Å². The molecule has 32 heavy (non-hydrogen) atoms. The Balaban J connectivity index is 1.69. The van der Waals surface area contributed by atoms with Gasteiger partial charge in [-0.15, -0.1) is 0 Å². The molecule has 8 heteroatoms. The average Bonchev–Trinajstić information content (AvgIpc) is 2.86. The van der Waals surface area contributed by atoms with Crippen molar-refractivity contribution in [3.63, 3.8) is 0 Å². The van der Waals surface area contributed by atoms with Gasteiger partial charge in [0.1, 0.15) is 0 Å². The lowest BCUT2D eigenvalue weighted by Crippen LogP contribution is -2.02. The van der Waals surface area contributed by atoms with E-state index in [1.807, 2.05) is 18.2 Å². The molecule has 0 fully saturated rings. The highest BCUT2D eigenvalue weighted by Crippen LogP contribution is 2.51. The van der Waals surface area contributed by atoms with E-state index in [1.54, 1.807) is 72.8 Å². The zero-order chi connectivity index (χ0) is 22.8. The largest absolute Gasteiger partial charge is 0.475 e. The second-order valence-corrected chi connectivity index (χ2v) is 8.36. The summed E-state index contributed by atoms with van der Waals surface area (Å²) >= 11 is 0. The Bertz CT molecular complexity index is 1060. The van der Waals surface area contributed by atoms with Gasteiger partial charge >= 0.3 is 7.82 Å². The zero-order valence-electron chi connectivity index (χ0n) is 17.0. The van der Waals surface area contributed by atoms with Crippen molar-refractivity contribution in [2.24, 2.45) is 0 Å². The van der Waals surface area contributed by atoms with Crippen molar-refractivity contribution in [3.8, 4) is 18.2 Å². The molecule has 158 valence electrons. The summed E-state index contributed by atoms with van der Waals surface area (Å²) in [6.45, 7) is -0.114. The maximum Gasteiger partial charge on any atom is 0.475 e. The van der Waals surface area contributed by atoms with Crippen LogP contribution in [0.5, 0.6) is 0 Å². The molecule has 0 radical (unpaired) electrons. The molecule has 0 saturated carbocycles. The van der Waals surface area contributed by atoms with Gasteiger partial charge in [0.15, 0.2) is 0 Å². The third kappa shape index (κ3) is 6.62. The molecular formula is C24H18N3O4P. The third-order valence-electron chi connectivity index (χ3n) is 4.42. The minimum Gasteiger partial charge on any atom is -0.282 e. The van der Waals surface area contributed by atoms with Gasteiger partial charge in [-0.05, 0) is 53.1 Å². The summed E-state index contributed by atoms with van der Waals surface area (Å²) in [4.78, 5) is 0. The summed E-state index contributed by atoms with van der Waals surface area (Å²) in [5.41, 5.74) is 3.62. The molecule has 0 N–H and O–H groups in total. The molecule has 3 rings (SSSR count). The fourth-order valence-corrected chi connectivity index (χ4v) is 3.74. The van der Waals surface area contributed by atoms with E-state index < -0.39 is 7.82 Å². The second-order valence-electron chi connectivity index (χ2n) is 6.69. The third-order valence-corrected chi connectivity index (χ3v) is 5.75. The lowest BCUT2D eigenvalue weighted by Gasteiger charge is -2.18. The van der Waals surface area contributed by atoms with Crippen LogP contribution in [0.25, 0.3) is 0 Å². The van der Waals surface area contributed by atoms with Gasteiger partial charge in [0.25, 0.3) is 0 Å². The lowest BCUT2D eigenvalue weighted by molar-refractivity contribution is 0.0978. The number of benzene rings is 3. The number of hydrogen-bond acceptors (Lipinski definition) is 7. The number of rotatable bonds is 9. The Morgan fingerprint density at radius 3 is 1.00 bits per heavy atom. The fraction of sp³-hybridized carbons (Fsp3) is 0.125. The molecular weight excluding hydrogens is 425 g/mol. The van der Waals surface area contributed by atoms with Crippen molar-refractivity contribution in [2.75, 3.05) is 0 Å². The highest BCUT2D eigenvalue weighted by Gasteiger charge is 2.27. The first-order valence-corrected chi connectivity index (χ1v) is 11.0. The average molecular weight is 443 g/mol. The molecule has 0 heterocycles. The molecule has 7 nitrogen and oxygen atoms in total. The standard InChI is InChI=1S/C24H18N3O4P/c25-13-19-1-7-22(8-2-19)16-29-32(28,30-17-23-9-3-20(14-26)4-10-23)31-18-24-11-5-21(15-27)6-12-24/h1-12H,16-18H2. The number of phosphoric acid groups is 1. The summed E-state index contributed by atoms with van der Waals surface area (Å²) in [6.07, 6.45) is 0. The van der Waals surface area contributed by atoms with Crippen LogP contribution in [0, 0.1) is 34.0 Å². The molecule has 0 atom stereocenters. The summed E-state index contributed by atoms with van der Waals surface area (Å²) < 4.78 is 29.9. The van der Waals surface area contributed by atoms with Gasteiger partial charge in [-0.1, -0.05) is 36.4 Å². The predicted molar refractivity (Wildman–Crippen MR) is 115 cm³/mol. The van der Waals surface area contributed by atoms with Crippen molar-refractivity contribution < 1.29 is 18.1 Å². The molecule has 0 aliphatic heterocycles. The minimum absolute atomic E-state index is 0.0380. The van der Waals surface area contributed by atoms with Gasteiger partial charge in [0.2, 0.25) is 0 Å². The van der Waals surface area contributed by atoms with Gasteiger partial charge < -0.3 is 0 Å². The maximum atomic E-state index is 13.3. The van der Waals surface area contributed by atoms with Crippen LogP contribution in [0.4, 0.5) is 0 Å². The van der Waals surface area contributed by atoms with Crippen LogP contribution in [-0.2, 0) is 38.0 Å². The van der Waals surface area contributed by atoms with E-state index in [0.29, 0.717) is 33.4 Å². The highest BCUT2D eigenvalue weighted by atomic mass is 31.2.